The molecule has 0 aliphatic heterocycles. The highest BCUT2D eigenvalue weighted by Crippen LogP contribution is 2.21. The van der Waals surface area contributed by atoms with Crippen molar-refractivity contribution in [2.75, 3.05) is 7.11 Å². The van der Waals surface area contributed by atoms with Gasteiger partial charge < -0.3 is 13.9 Å². The van der Waals surface area contributed by atoms with E-state index in [0.717, 1.165) is 17.2 Å². The van der Waals surface area contributed by atoms with Gasteiger partial charge in [-0.3, -0.25) is 4.79 Å². The molecule has 0 saturated carbocycles. The van der Waals surface area contributed by atoms with Crippen molar-refractivity contribution >= 4 is 16.9 Å². The number of para-hydroxylation sites is 1. The van der Waals surface area contributed by atoms with Gasteiger partial charge in [-0.1, -0.05) is 23.8 Å². The molecule has 1 heterocycles. The summed E-state index contributed by atoms with van der Waals surface area (Å²) in [5.74, 6) is -0.180. The molecule has 0 saturated heterocycles. The van der Waals surface area contributed by atoms with Crippen LogP contribution in [-0.2, 0) is 11.3 Å². The lowest BCUT2D eigenvalue weighted by Gasteiger charge is -2.10. The molecule has 0 atom stereocenters. The van der Waals surface area contributed by atoms with Gasteiger partial charge in [0.25, 0.3) is 0 Å². The normalized spacial score (nSPS) is 10.6. The highest BCUT2D eigenvalue weighted by molar-refractivity contribution is 5.88. The number of fused-ring (bicyclic) bond motifs is 1. The summed E-state index contributed by atoms with van der Waals surface area (Å²) >= 11 is 0. The SMILES string of the molecule is COc1ccc(C)cc1COC(=O)c1cc(=O)c2ccccc2o1. The second-order valence-corrected chi connectivity index (χ2v) is 5.36. The number of ether oxygens (including phenoxy) is 2. The molecule has 0 fully saturated rings. The third-order valence-electron chi connectivity index (χ3n) is 3.63. The summed E-state index contributed by atoms with van der Waals surface area (Å²) in [4.78, 5) is 24.2. The van der Waals surface area contributed by atoms with Crippen LogP contribution in [-0.4, -0.2) is 13.1 Å². The number of benzene rings is 2. The zero-order valence-corrected chi connectivity index (χ0v) is 13.4. The van der Waals surface area contributed by atoms with Crippen molar-refractivity contribution in [1.29, 1.82) is 0 Å². The van der Waals surface area contributed by atoms with Crippen LogP contribution in [0.25, 0.3) is 11.0 Å². The predicted molar refractivity (Wildman–Crippen MR) is 89.3 cm³/mol. The van der Waals surface area contributed by atoms with E-state index in [-0.39, 0.29) is 17.8 Å². The van der Waals surface area contributed by atoms with Gasteiger partial charge in [-0.25, -0.2) is 4.79 Å². The number of hydrogen-bond donors (Lipinski definition) is 0. The molecule has 5 nitrogen and oxygen atoms in total. The van der Waals surface area contributed by atoms with Crippen molar-refractivity contribution in [3.63, 3.8) is 0 Å². The van der Waals surface area contributed by atoms with E-state index < -0.39 is 5.97 Å². The minimum atomic E-state index is -0.693. The molecule has 5 heteroatoms. The molecular formula is C19H16O5. The van der Waals surface area contributed by atoms with Crippen LogP contribution in [0.15, 0.2) is 57.7 Å². The van der Waals surface area contributed by atoms with Crippen molar-refractivity contribution < 1.29 is 18.7 Å². The fourth-order valence-corrected chi connectivity index (χ4v) is 2.44. The molecular weight excluding hydrogens is 308 g/mol. The smallest absolute Gasteiger partial charge is 0.374 e. The summed E-state index contributed by atoms with van der Waals surface area (Å²) in [6, 6.07) is 13.5. The Morgan fingerprint density at radius 3 is 2.71 bits per heavy atom. The first kappa shape index (κ1) is 15.8. The van der Waals surface area contributed by atoms with Crippen LogP contribution in [0.2, 0.25) is 0 Å². The third-order valence-corrected chi connectivity index (χ3v) is 3.63. The average Bonchev–Trinajstić information content (AvgIpc) is 2.59. The molecule has 3 aromatic rings. The molecule has 0 aliphatic rings. The molecule has 0 spiro atoms. The minimum absolute atomic E-state index is 0.0280. The third kappa shape index (κ3) is 3.15. The first-order chi connectivity index (χ1) is 11.6. The van der Waals surface area contributed by atoms with E-state index in [0.29, 0.717) is 16.7 Å². The predicted octanol–water partition coefficient (Wildman–Crippen LogP) is 3.47. The van der Waals surface area contributed by atoms with Crippen LogP contribution >= 0.6 is 0 Å². The van der Waals surface area contributed by atoms with E-state index in [2.05, 4.69) is 0 Å². The van der Waals surface area contributed by atoms with E-state index in [9.17, 15) is 9.59 Å². The quantitative estimate of drug-likeness (QED) is 0.688. The Balaban J connectivity index is 1.83. The molecule has 2 aromatic carbocycles. The second kappa shape index (κ2) is 6.58. The summed E-state index contributed by atoms with van der Waals surface area (Å²) in [7, 11) is 1.55. The number of rotatable bonds is 4. The second-order valence-electron chi connectivity index (χ2n) is 5.36. The average molecular weight is 324 g/mol. The molecule has 0 amide bonds. The van der Waals surface area contributed by atoms with Crippen molar-refractivity contribution in [3.8, 4) is 5.75 Å². The van der Waals surface area contributed by atoms with Gasteiger partial charge in [0, 0.05) is 11.6 Å². The molecule has 0 unspecified atom stereocenters. The van der Waals surface area contributed by atoms with E-state index >= 15 is 0 Å². The van der Waals surface area contributed by atoms with E-state index in [1.807, 2.05) is 25.1 Å². The first-order valence-electron chi connectivity index (χ1n) is 7.42. The standard InChI is InChI=1S/C19H16O5/c1-12-7-8-16(22-2)13(9-12)11-23-19(21)18-10-15(20)14-5-3-4-6-17(14)24-18/h3-10H,11H2,1-2H3. The molecule has 0 radical (unpaired) electrons. The lowest BCUT2D eigenvalue weighted by Crippen LogP contribution is -2.10. The first-order valence-corrected chi connectivity index (χ1v) is 7.42. The highest BCUT2D eigenvalue weighted by atomic mass is 16.5. The van der Waals surface area contributed by atoms with Crippen LogP contribution in [0.3, 0.4) is 0 Å². The monoisotopic (exact) mass is 324 g/mol. The van der Waals surface area contributed by atoms with Crippen LogP contribution in [0.1, 0.15) is 21.7 Å². The van der Waals surface area contributed by atoms with Gasteiger partial charge in [0.2, 0.25) is 5.76 Å². The largest absolute Gasteiger partial charge is 0.496 e. The summed E-state index contributed by atoms with van der Waals surface area (Å²) in [6.07, 6.45) is 0. The summed E-state index contributed by atoms with van der Waals surface area (Å²) < 4.78 is 16.0. The van der Waals surface area contributed by atoms with Gasteiger partial charge in [0.1, 0.15) is 17.9 Å². The van der Waals surface area contributed by atoms with Crippen LogP contribution in [0.4, 0.5) is 0 Å². The topological polar surface area (TPSA) is 65.7 Å². The lowest BCUT2D eigenvalue weighted by molar-refractivity contribution is 0.0434. The van der Waals surface area contributed by atoms with E-state index in [1.54, 1.807) is 31.4 Å². The Morgan fingerprint density at radius 1 is 1.12 bits per heavy atom. The molecule has 1 aromatic heterocycles. The van der Waals surface area contributed by atoms with Gasteiger partial charge >= 0.3 is 5.97 Å². The molecule has 0 N–H and O–H groups in total. The fourth-order valence-electron chi connectivity index (χ4n) is 2.44. The summed E-state index contributed by atoms with van der Waals surface area (Å²) in [5.41, 5.74) is 1.84. The molecule has 24 heavy (non-hydrogen) atoms. The van der Waals surface area contributed by atoms with Gasteiger partial charge in [0.05, 0.1) is 12.5 Å². The van der Waals surface area contributed by atoms with Gasteiger partial charge in [0.15, 0.2) is 5.43 Å². The fraction of sp³-hybridized carbons (Fsp3) is 0.158. The van der Waals surface area contributed by atoms with E-state index in [1.165, 1.54) is 0 Å². The highest BCUT2D eigenvalue weighted by Gasteiger charge is 2.15. The van der Waals surface area contributed by atoms with Crippen molar-refractivity contribution in [2.24, 2.45) is 0 Å². The lowest BCUT2D eigenvalue weighted by atomic mass is 10.1. The van der Waals surface area contributed by atoms with Gasteiger partial charge in [-0.05, 0) is 31.2 Å². The maximum Gasteiger partial charge on any atom is 0.374 e. The van der Waals surface area contributed by atoms with Crippen LogP contribution < -0.4 is 10.2 Å². The Kier molecular flexibility index (Phi) is 4.33. The van der Waals surface area contributed by atoms with Crippen molar-refractivity contribution in [2.45, 2.75) is 13.5 Å². The number of aryl methyl sites for hydroxylation is 1. The maximum atomic E-state index is 12.2. The molecule has 0 bridgehead atoms. The zero-order chi connectivity index (χ0) is 17.1. The Hall–Kier alpha value is -3.08. The summed E-state index contributed by atoms with van der Waals surface area (Å²) in [5, 5.41) is 0.425. The molecule has 3 rings (SSSR count). The van der Waals surface area contributed by atoms with Crippen molar-refractivity contribution in [3.05, 3.63) is 75.6 Å². The number of hydrogen-bond acceptors (Lipinski definition) is 5. The Bertz CT molecular complexity index is 955. The van der Waals surface area contributed by atoms with Crippen LogP contribution in [0.5, 0.6) is 5.75 Å². The number of carbonyl (C=O) groups excluding carboxylic acids is 1. The number of esters is 1. The minimum Gasteiger partial charge on any atom is -0.496 e. The summed E-state index contributed by atoms with van der Waals surface area (Å²) in [6.45, 7) is 1.97. The molecule has 122 valence electrons. The number of carbonyl (C=O) groups is 1. The van der Waals surface area contributed by atoms with Gasteiger partial charge in [-0.2, -0.15) is 0 Å². The van der Waals surface area contributed by atoms with Crippen molar-refractivity contribution in [1.82, 2.24) is 0 Å². The van der Waals surface area contributed by atoms with Crippen LogP contribution in [0, 0.1) is 6.92 Å². The van der Waals surface area contributed by atoms with E-state index in [4.69, 9.17) is 13.9 Å². The molecule has 0 aliphatic carbocycles. The Labute approximate surface area is 138 Å². The Morgan fingerprint density at radius 2 is 1.92 bits per heavy atom. The van der Waals surface area contributed by atoms with Gasteiger partial charge in [-0.15, -0.1) is 0 Å². The number of methoxy groups -OCH3 is 1. The zero-order valence-electron chi connectivity index (χ0n) is 13.4. The maximum absolute atomic E-state index is 12.2.